The first-order valence-corrected chi connectivity index (χ1v) is 7.98. The third-order valence-electron chi connectivity index (χ3n) is 3.25. The Hall–Kier alpha value is -2.13. The maximum Gasteiger partial charge on any atom is 0.246 e. The summed E-state index contributed by atoms with van der Waals surface area (Å²) in [7, 11) is -2.29. The lowest BCUT2D eigenvalue weighted by Crippen LogP contribution is -2.27. The van der Waals surface area contributed by atoms with Crippen LogP contribution < -0.4 is 5.73 Å². The number of amides is 1. The van der Waals surface area contributed by atoms with Crippen LogP contribution in [0.15, 0.2) is 27.7 Å². The van der Waals surface area contributed by atoms with Crippen LogP contribution >= 0.6 is 0 Å². The molecule has 0 aromatic carbocycles. The van der Waals surface area contributed by atoms with Gasteiger partial charge in [-0.1, -0.05) is 0 Å². The van der Waals surface area contributed by atoms with Crippen molar-refractivity contribution >= 4 is 15.9 Å². The number of carbonyl (C=O) groups excluding carboxylic acids is 1. The van der Waals surface area contributed by atoms with E-state index in [0.717, 1.165) is 0 Å². The van der Waals surface area contributed by atoms with Crippen LogP contribution in [-0.4, -0.2) is 35.5 Å². The van der Waals surface area contributed by atoms with Crippen LogP contribution in [0.2, 0.25) is 0 Å². The second-order valence-electron chi connectivity index (χ2n) is 4.96. The van der Waals surface area contributed by atoms with E-state index in [1.807, 2.05) is 0 Å². The van der Waals surface area contributed by atoms with Crippen LogP contribution in [0.5, 0.6) is 0 Å². The average Bonchev–Trinajstić information content (AvgIpc) is 2.98. The lowest BCUT2D eigenvalue weighted by atomic mass is 10.4. The van der Waals surface area contributed by atoms with E-state index in [1.165, 1.54) is 22.3 Å². The number of aromatic nitrogens is 2. The zero-order chi connectivity index (χ0) is 16.5. The van der Waals surface area contributed by atoms with E-state index in [-0.39, 0.29) is 18.0 Å². The lowest BCUT2D eigenvalue weighted by molar-refractivity contribution is -0.118. The Morgan fingerprint density at radius 2 is 2.14 bits per heavy atom. The smallest absolute Gasteiger partial charge is 0.246 e. The van der Waals surface area contributed by atoms with Gasteiger partial charge in [-0.05, 0) is 26.0 Å². The Kier molecular flexibility index (Phi) is 4.38. The van der Waals surface area contributed by atoms with Crippen molar-refractivity contribution in [1.82, 2.24) is 14.1 Å². The van der Waals surface area contributed by atoms with Gasteiger partial charge >= 0.3 is 0 Å². The molecule has 9 heteroatoms. The van der Waals surface area contributed by atoms with Crippen LogP contribution in [0.25, 0.3) is 0 Å². The third-order valence-corrected chi connectivity index (χ3v) is 5.30. The molecule has 2 aromatic heterocycles. The molecule has 0 radical (unpaired) electrons. The predicted molar refractivity (Wildman–Crippen MR) is 78.3 cm³/mol. The van der Waals surface area contributed by atoms with Crippen LogP contribution in [-0.2, 0) is 27.9 Å². The van der Waals surface area contributed by atoms with Gasteiger partial charge in [0.1, 0.15) is 17.2 Å². The van der Waals surface area contributed by atoms with Crippen molar-refractivity contribution in [2.75, 3.05) is 7.05 Å². The highest BCUT2D eigenvalue weighted by Crippen LogP contribution is 2.23. The van der Waals surface area contributed by atoms with Crippen LogP contribution in [0.4, 0.5) is 0 Å². The van der Waals surface area contributed by atoms with Gasteiger partial charge in [-0.2, -0.15) is 9.40 Å². The molecule has 0 saturated carbocycles. The van der Waals surface area contributed by atoms with E-state index >= 15 is 0 Å². The fraction of sp³-hybridized carbons (Fsp3) is 0.385. The summed E-state index contributed by atoms with van der Waals surface area (Å²) in [5.41, 5.74) is 5.84. The summed E-state index contributed by atoms with van der Waals surface area (Å²) < 4.78 is 33.1. The number of aryl methyl sites for hydroxylation is 1. The molecule has 0 unspecified atom stereocenters. The Morgan fingerprint density at radius 1 is 1.45 bits per heavy atom. The first-order chi connectivity index (χ1) is 10.2. The molecule has 8 nitrogen and oxygen atoms in total. The number of hydrogen-bond acceptors (Lipinski definition) is 5. The van der Waals surface area contributed by atoms with Crippen molar-refractivity contribution in [3.63, 3.8) is 0 Å². The fourth-order valence-electron chi connectivity index (χ4n) is 2.22. The lowest BCUT2D eigenvalue weighted by Gasteiger charge is -2.16. The molecule has 22 heavy (non-hydrogen) atoms. The standard InChI is InChI=1S/C13H18N4O4S/c1-9-13(10(2)17(15-9)8-12(14)18)22(19,20)16(3)7-11-5-4-6-21-11/h4-6H,7-8H2,1-3H3,(H2,14,18). The summed E-state index contributed by atoms with van der Waals surface area (Å²) in [6.45, 7) is 3.12. The molecule has 0 aliphatic rings. The Morgan fingerprint density at radius 3 is 2.68 bits per heavy atom. The van der Waals surface area contributed by atoms with E-state index in [0.29, 0.717) is 17.1 Å². The molecule has 2 heterocycles. The zero-order valence-corrected chi connectivity index (χ0v) is 13.4. The maximum absolute atomic E-state index is 12.7. The monoisotopic (exact) mass is 326 g/mol. The first kappa shape index (κ1) is 16.2. The normalized spacial score (nSPS) is 12.0. The molecule has 2 aromatic rings. The van der Waals surface area contributed by atoms with Crippen molar-refractivity contribution in [1.29, 1.82) is 0 Å². The van der Waals surface area contributed by atoms with Crippen molar-refractivity contribution in [2.45, 2.75) is 31.8 Å². The molecule has 0 bridgehead atoms. The molecule has 1 amide bonds. The van der Waals surface area contributed by atoms with Crippen LogP contribution in [0, 0.1) is 13.8 Å². The van der Waals surface area contributed by atoms with Crippen molar-refractivity contribution < 1.29 is 17.6 Å². The molecule has 2 N–H and O–H groups in total. The largest absolute Gasteiger partial charge is 0.468 e. The fourth-order valence-corrected chi connectivity index (χ4v) is 3.72. The van der Waals surface area contributed by atoms with E-state index < -0.39 is 15.9 Å². The van der Waals surface area contributed by atoms with Gasteiger partial charge in [0, 0.05) is 7.05 Å². The predicted octanol–water partition coefficient (Wildman–Crippen LogP) is 0.399. The summed E-state index contributed by atoms with van der Waals surface area (Å²) in [5.74, 6) is -0.0515. The third kappa shape index (κ3) is 3.04. The van der Waals surface area contributed by atoms with Crippen molar-refractivity contribution in [3.8, 4) is 0 Å². The number of nitrogens with zero attached hydrogens (tertiary/aromatic N) is 3. The van der Waals surface area contributed by atoms with Gasteiger partial charge in [-0.15, -0.1) is 0 Å². The minimum atomic E-state index is -3.75. The topological polar surface area (TPSA) is 111 Å². The molecule has 0 atom stereocenters. The van der Waals surface area contributed by atoms with Gasteiger partial charge in [0.2, 0.25) is 15.9 Å². The quantitative estimate of drug-likeness (QED) is 0.826. The summed E-state index contributed by atoms with van der Waals surface area (Å²) in [6.07, 6.45) is 1.48. The van der Waals surface area contributed by atoms with Crippen LogP contribution in [0.3, 0.4) is 0 Å². The van der Waals surface area contributed by atoms with Crippen molar-refractivity contribution in [3.05, 3.63) is 35.5 Å². The molecule has 0 aliphatic heterocycles. The van der Waals surface area contributed by atoms with Gasteiger partial charge in [0.15, 0.2) is 0 Å². The molecular weight excluding hydrogens is 308 g/mol. The molecule has 2 rings (SSSR count). The number of carbonyl (C=O) groups is 1. The number of hydrogen-bond donors (Lipinski definition) is 1. The Labute approximate surface area is 128 Å². The zero-order valence-electron chi connectivity index (χ0n) is 12.6. The number of furan rings is 1. The number of sulfonamides is 1. The van der Waals surface area contributed by atoms with Gasteiger partial charge in [0.25, 0.3) is 0 Å². The summed E-state index contributed by atoms with van der Waals surface area (Å²) in [5, 5.41) is 4.08. The molecule has 0 fully saturated rings. The molecule has 120 valence electrons. The van der Waals surface area contributed by atoms with E-state index in [9.17, 15) is 13.2 Å². The van der Waals surface area contributed by atoms with Crippen LogP contribution in [0.1, 0.15) is 17.1 Å². The van der Waals surface area contributed by atoms with Gasteiger partial charge < -0.3 is 10.2 Å². The minimum absolute atomic E-state index is 0.0859. The van der Waals surface area contributed by atoms with Gasteiger partial charge in [-0.25, -0.2) is 8.42 Å². The second kappa shape index (κ2) is 5.93. The Balaban J connectivity index is 2.36. The molecule has 0 spiro atoms. The summed E-state index contributed by atoms with van der Waals surface area (Å²) in [4.78, 5) is 11.1. The maximum atomic E-state index is 12.7. The number of primary amides is 1. The van der Waals surface area contributed by atoms with E-state index in [2.05, 4.69) is 5.10 Å². The van der Waals surface area contributed by atoms with Crippen molar-refractivity contribution in [2.24, 2.45) is 5.73 Å². The highest BCUT2D eigenvalue weighted by Gasteiger charge is 2.29. The van der Waals surface area contributed by atoms with E-state index in [1.54, 1.807) is 26.0 Å². The highest BCUT2D eigenvalue weighted by molar-refractivity contribution is 7.89. The average molecular weight is 326 g/mol. The molecule has 0 aliphatic carbocycles. The summed E-state index contributed by atoms with van der Waals surface area (Å²) >= 11 is 0. The highest BCUT2D eigenvalue weighted by atomic mass is 32.2. The minimum Gasteiger partial charge on any atom is -0.468 e. The van der Waals surface area contributed by atoms with E-state index in [4.69, 9.17) is 10.2 Å². The number of rotatable bonds is 6. The summed E-state index contributed by atoms with van der Waals surface area (Å²) in [6, 6.07) is 3.39. The SMILES string of the molecule is Cc1nn(CC(N)=O)c(C)c1S(=O)(=O)N(C)Cc1ccco1. The van der Waals surface area contributed by atoms with Gasteiger partial charge in [0.05, 0.1) is 24.2 Å². The number of nitrogens with two attached hydrogens (primary N) is 1. The molecule has 0 saturated heterocycles. The Bertz CT molecular complexity index is 777. The first-order valence-electron chi connectivity index (χ1n) is 6.54. The van der Waals surface area contributed by atoms with Gasteiger partial charge in [-0.3, -0.25) is 9.48 Å². The molecular formula is C13H18N4O4S. The second-order valence-corrected chi connectivity index (χ2v) is 6.95.